The van der Waals surface area contributed by atoms with Crippen molar-refractivity contribution in [3.63, 3.8) is 0 Å². The summed E-state index contributed by atoms with van der Waals surface area (Å²) in [6, 6.07) is 11.5. The Morgan fingerprint density at radius 3 is 2.48 bits per heavy atom. The molecule has 2 rings (SSSR count). The van der Waals surface area contributed by atoms with E-state index in [0.717, 1.165) is 11.1 Å². The second-order valence-electron chi connectivity index (χ2n) is 4.89. The van der Waals surface area contributed by atoms with E-state index in [0.29, 0.717) is 22.3 Å². The molecule has 4 N–H and O–H groups in total. The van der Waals surface area contributed by atoms with E-state index in [1.54, 1.807) is 36.4 Å². The highest BCUT2D eigenvalue weighted by Crippen LogP contribution is 2.22. The Balaban J connectivity index is 1.91. The zero-order valence-corrected chi connectivity index (χ0v) is 13.6. The summed E-state index contributed by atoms with van der Waals surface area (Å²) in [6.07, 6.45) is 0.204. The second kappa shape index (κ2) is 7.85. The normalized spacial score (nSPS) is 10.2. The van der Waals surface area contributed by atoms with Crippen molar-refractivity contribution in [1.82, 2.24) is 5.32 Å². The van der Waals surface area contributed by atoms with Gasteiger partial charge >= 0.3 is 6.03 Å². The fourth-order valence-corrected chi connectivity index (χ4v) is 2.32. The zero-order valence-electron chi connectivity index (χ0n) is 12.1. The highest BCUT2D eigenvalue weighted by atomic mass is 35.5. The second-order valence-corrected chi connectivity index (χ2v) is 5.71. The molecule has 0 heterocycles. The van der Waals surface area contributed by atoms with E-state index in [2.05, 4.69) is 10.6 Å². The minimum atomic E-state index is -0.634. The SMILES string of the molecule is NC(=O)Nc1cccc(CNC(=O)Cc2ccc(Cl)c(Cl)c2)c1. The third-order valence-corrected chi connectivity index (χ3v) is 3.77. The molecule has 2 aromatic carbocycles. The Kier molecular flexibility index (Phi) is 5.84. The summed E-state index contributed by atoms with van der Waals surface area (Å²) < 4.78 is 0. The van der Waals surface area contributed by atoms with Crippen LogP contribution in [0.4, 0.5) is 10.5 Å². The highest BCUT2D eigenvalue weighted by Gasteiger charge is 2.06. The summed E-state index contributed by atoms with van der Waals surface area (Å²) in [6.45, 7) is 0.342. The summed E-state index contributed by atoms with van der Waals surface area (Å²) in [4.78, 5) is 22.8. The van der Waals surface area contributed by atoms with Crippen LogP contribution in [-0.2, 0) is 17.8 Å². The van der Waals surface area contributed by atoms with E-state index < -0.39 is 6.03 Å². The molecule has 0 aromatic heterocycles. The van der Waals surface area contributed by atoms with E-state index in [-0.39, 0.29) is 12.3 Å². The number of primary amides is 1. The van der Waals surface area contributed by atoms with E-state index in [1.165, 1.54) is 0 Å². The van der Waals surface area contributed by atoms with Crippen molar-refractivity contribution in [3.8, 4) is 0 Å². The van der Waals surface area contributed by atoms with Crippen LogP contribution < -0.4 is 16.4 Å². The minimum Gasteiger partial charge on any atom is -0.352 e. The van der Waals surface area contributed by atoms with Gasteiger partial charge in [0.15, 0.2) is 0 Å². The maximum absolute atomic E-state index is 12.0. The van der Waals surface area contributed by atoms with Crippen molar-refractivity contribution in [2.24, 2.45) is 5.73 Å². The number of hydrogen-bond donors (Lipinski definition) is 3. The summed E-state index contributed by atoms with van der Waals surface area (Å²) in [5.41, 5.74) is 7.27. The number of nitrogens with two attached hydrogens (primary N) is 1. The standard InChI is InChI=1S/C16H15Cl2N3O2/c17-13-5-4-10(7-14(13)18)8-15(22)20-9-11-2-1-3-12(6-11)21-16(19)23/h1-7H,8-9H2,(H,20,22)(H3,19,21,23). The number of amides is 3. The highest BCUT2D eigenvalue weighted by molar-refractivity contribution is 6.42. The Morgan fingerprint density at radius 1 is 1.00 bits per heavy atom. The molecule has 0 saturated heterocycles. The molecular formula is C16H15Cl2N3O2. The lowest BCUT2D eigenvalue weighted by atomic mass is 10.1. The zero-order chi connectivity index (χ0) is 16.8. The predicted molar refractivity (Wildman–Crippen MR) is 91.7 cm³/mol. The van der Waals surface area contributed by atoms with Gasteiger partial charge in [-0.25, -0.2) is 4.79 Å². The van der Waals surface area contributed by atoms with Gasteiger partial charge in [0.2, 0.25) is 5.91 Å². The first-order valence-corrected chi connectivity index (χ1v) is 7.55. The molecule has 0 aliphatic heterocycles. The lowest BCUT2D eigenvalue weighted by Gasteiger charge is -2.08. The number of rotatable bonds is 5. The van der Waals surface area contributed by atoms with Crippen molar-refractivity contribution < 1.29 is 9.59 Å². The smallest absolute Gasteiger partial charge is 0.316 e. The van der Waals surface area contributed by atoms with Crippen LogP contribution in [0.3, 0.4) is 0 Å². The number of carbonyl (C=O) groups excluding carboxylic acids is 2. The van der Waals surface area contributed by atoms with Crippen LogP contribution in [0.2, 0.25) is 10.0 Å². The number of anilines is 1. The van der Waals surface area contributed by atoms with Gasteiger partial charge in [-0.2, -0.15) is 0 Å². The Hall–Kier alpha value is -2.24. The van der Waals surface area contributed by atoms with E-state index >= 15 is 0 Å². The fourth-order valence-electron chi connectivity index (χ4n) is 2.00. The lowest BCUT2D eigenvalue weighted by molar-refractivity contribution is -0.120. The fraction of sp³-hybridized carbons (Fsp3) is 0.125. The quantitative estimate of drug-likeness (QED) is 0.771. The van der Waals surface area contributed by atoms with Crippen molar-refractivity contribution in [2.75, 3.05) is 5.32 Å². The van der Waals surface area contributed by atoms with Gasteiger partial charge in [-0.05, 0) is 35.4 Å². The largest absolute Gasteiger partial charge is 0.352 e. The van der Waals surface area contributed by atoms with Crippen LogP contribution >= 0.6 is 23.2 Å². The van der Waals surface area contributed by atoms with Gasteiger partial charge in [-0.1, -0.05) is 41.4 Å². The van der Waals surface area contributed by atoms with Gasteiger partial charge in [0.05, 0.1) is 16.5 Å². The summed E-state index contributed by atoms with van der Waals surface area (Å²) >= 11 is 11.8. The first kappa shape index (κ1) is 17.1. The molecule has 7 heteroatoms. The van der Waals surface area contributed by atoms with Crippen molar-refractivity contribution in [1.29, 1.82) is 0 Å². The molecule has 2 aromatic rings. The Morgan fingerprint density at radius 2 is 1.78 bits per heavy atom. The molecule has 0 aliphatic rings. The molecule has 3 amide bonds. The summed E-state index contributed by atoms with van der Waals surface area (Å²) in [5.74, 6) is -0.142. The summed E-state index contributed by atoms with van der Waals surface area (Å²) in [5, 5.41) is 6.16. The van der Waals surface area contributed by atoms with Crippen LogP contribution in [0.5, 0.6) is 0 Å². The van der Waals surface area contributed by atoms with Crippen molar-refractivity contribution in [2.45, 2.75) is 13.0 Å². The third kappa shape index (κ3) is 5.47. The van der Waals surface area contributed by atoms with Crippen LogP contribution in [0.15, 0.2) is 42.5 Å². The molecule has 0 spiro atoms. The van der Waals surface area contributed by atoms with E-state index in [9.17, 15) is 9.59 Å². The maximum Gasteiger partial charge on any atom is 0.316 e. The molecule has 23 heavy (non-hydrogen) atoms. The Bertz CT molecular complexity index is 735. The molecule has 0 radical (unpaired) electrons. The summed E-state index contributed by atoms with van der Waals surface area (Å²) in [7, 11) is 0. The van der Waals surface area contributed by atoms with Crippen LogP contribution in [0.1, 0.15) is 11.1 Å². The number of halogens is 2. The monoisotopic (exact) mass is 351 g/mol. The first-order chi connectivity index (χ1) is 10.9. The van der Waals surface area contributed by atoms with Crippen LogP contribution in [-0.4, -0.2) is 11.9 Å². The van der Waals surface area contributed by atoms with E-state index in [4.69, 9.17) is 28.9 Å². The Labute approximate surface area is 143 Å². The van der Waals surface area contributed by atoms with Crippen LogP contribution in [0.25, 0.3) is 0 Å². The molecule has 0 fully saturated rings. The number of benzene rings is 2. The third-order valence-electron chi connectivity index (χ3n) is 3.03. The molecule has 0 saturated carbocycles. The van der Waals surface area contributed by atoms with Gasteiger partial charge in [0, 0.05) is 12.2 Å². The topological polar surface area (TPSA) is 84.2 Å². The molecule has 0 aliphatic carbocycles. The molecule has 5 nitrogen and oxygen atoms in total. The maximum atomic E-state index is 12.0. The molecular weight excluding hydrogens is 337 g/mol. The lowest BCUT2D eigenvalue weighted by Crippen LogP contribution is -2.24. The predicted octanol–water partition coefficient (Wildman–Crippen LogP) is 3.34. The number of urea groups is 1. The average Bonchev–Trinajstić information content (AvgIpc) is 2.49. The van der Waals surface area contributed by atoms with Gasteiger partial charge in [-0.15, -0.1) is 0 Å². The molecule has 0 atom stereocenters. The van der Waals surface area contributed by atoms with E-state index in [1.807, 2.05) is 6.07 Å². The first-order valence-electron chi connectivity index (χ1n) is 6.80. The van der Waals surface area contributed by atoms with Crippen molar-refractivity contribution >= 4 is 40.8 Å². The molecule has 0 unspecified atom stereocenters. The van der Waals surface area contributed by atoms with Crippen molar-refractivity contribution in [3.05, 3.63) is 63.6 Å². The number of carbonyl (C=O) groups is 2. The number of nitrogens with one attached hydrogen (secondary N) is 2. The minimum absolute atomic E-state index is 0.142. The average molecular weight is 352 g/mol. The van der Waals surface area contributed by atoms with Crippen LogP contribution in [0, 0.1) is 0 Å². The molecule has 0 bridgehead atoms. The van der Waals surface area contributed by atoms with Gasteiger partial charge in [-0.3, -0.25) is 4.79 Å². The molecule has 120 valence electrons. The number of hydrogen-bond acceptors (Lipinski definition) is 2. The van der Waals surface area contributed by atoms with Gasteiger partial charge < -0.3 is 16.4 Å². The van der Waals surface area contributed by atoms with Gasteiger partial charge in [0.25, 0.3) is 0 Å². The van der Waals surface area contributed by atoms with Gasteiger partial charge in [0.1, 0.15) is 0 Å².